The summed E-state index contributed by atoms with van der Waals surface area (Å²) in [7, 11) is 1.61. The van der Waals surface area contributed by atoms with E-state index in [1.807, 2.05) is 38.1 Å². The number of hydrogen-bond donors (Lipinski definition) is 2. The monoisotopic (exact) mass is 276 g/mol. The second-order valence-electron chi connectivity index (χ2n) is 5.92. The van der Waals surface area contributed by atoms with E-state index in [-0.39, 0.29) is 5.91 Å². The number of para-hydroxylation sites is 2. The molecule has 1 aromatic carbocycles. The van der Waals surface area contributed by atoms with Gasteiger partial charge in [-0.05, 0) is 44.0 Å². The van der Waals surface area contributed by atoms with Crippen LogP contribution in [0.15, 0.2) is 24.3 Å². The highest BCUT2D eigenvalue weighted by Crippen LogP contribution is 2.34. The lowest BCUT2D eigenvalue weighted by Gasteiger charge is -2.36. The topological polar surface area (TPSA) is 50.4 Å². The quantitative estimate of drug-likeness (QED) is 0.889. The third-order valence-electron chi connectivity index (χ3n) is 4.26. The normalized spacial score (nSPS) is 19.4. The van der Waals surface area contributed by atoms with Gasteiger partial charge in [-0.15, -0.1) is 0 Å². The van der Waals surface area contributed by atoms with Crippen molar-refractivity contribution in [1.29, 1.82) is 0 Å². The van der Waals surface area contributed by atoms with E-state index in [2.05, 4.69) is 10.6 Å². The van der Waals surface area contributed by atoms with Crippen LogP contribution in [0, 0.1) is 11.3 Å². The number of anilines is 1. The zero-order valence-electron chi connectivity index (χ0n) is 12.5. The SMILES string of the molecule is COc1ccccc1NC(=O)C(C)(C)C1CCCNC1. The number of ether oxygens (including phenoxy) is 1. The molecule has 1 aromatic rings. The zero-order valence-corrected chi connectivity index (χ0v) is 12.5. The molecular weight excluding hydrogens is 252 g/mol. The van der Waals surface area contributed by atoms with Gasteiger partial charge in [0.05, 0.1) is 12.8 Å². The minimum atomic E-state index is -0.395. The zero-order chi connectivity index (χ0) is 14.6. The summed E-state index contributed by atoms with van der Waals surface area (Å²) in [6, 6.07) is 7.51. The van der Waals surface area contributed by atoms with Crippen LogP contribution in [-0.2, 0) is 4.79 Å². The predicted octanol–water partition coefficient (Wildman–Crippen LogP) is 2.66. The molecule has 4 heteroatoms. The first-order valence-corrected chi connectivity index (χ1v) is 7.21. The van der Waals surface area contributed by atoms with E-state index < -0.39 is 5.41 Å². The van der Waals surface area contributed by atoms with Crippen LogP contribution in [0.3, 0.4) is 0 Å². The molecule has 1 aliphatic heterocycles. The third-order valence-corrected chi connectivity index (χ3v) is 4.26. The van der Waals surface area contributed by atoms with Crippen LogP contribution < -0.4 is 15.4 Å². The number of hydrogen-bond acceptors (Lipinski definition) is 3. The Morgan fingerprint density at radius 1 is 1.40 bits per heavy atom. The highest BCUT2D eigenvalue weighted by molar-refractivity contribution is 5.96. The Labute approximate surface area is 120 Å². The summed E-state index contributed by atoms with van der Waals surface area (Å²) < 4.78 is 5.28. The van der Waals surface area contributed by atoms with Crippen molar-refractivity contribution in [2.45, 2.75) is 26.7 Å². The van der Waals surface area contributed by atoms with Crippen LogP contribution in [-0.4, -0.2) is 26.1 Å². The molecule has 20 heavy (non-hydrogen) atoms. The molecular formula is C16H24N2O2. The van der Waals surface area contributed by atoms with Gasteiger partial charge in [-0.1, -0.05) is 26.0 Å². The summed E-state index contributed by atoms with van der Waals surface area (Å²) in [4.78, 5) is 12.6. The van der Waals surface area contributed by atoms with Crippen LogP contribution in [0.25, 0.3) is 0 Å². The summed E-state index contributed by atoms with van der Waals surface area (Å²) >= 11 is 0. The van der Waals surface area contributed by atoms with Crippen LogP contribution in [0.2, 0.25) is 0 Å². The Balaban J connectivity index is 2.10. The number of methoxy groups -OCH3 is 1. The fourth-order valence-electron chi connectivity index (χ4n) is 2.68. The summed E-state index contributed by atoms with van der Waals surface area (Å²) in [5.74, 6) is 1.11. The Hall–Kier alpha value is -1.55. The van der Waals surface area contributed by atoms with Gasteiger partial charge in [0, 0.05) is 5.41 Å². The molecule has 1 heterocycles. The summed E-state index contributed by atoms with van der Waals surface area (Å²) in [6.45, 7) is 6.01. The minimum Gasteiger partial charge on any atom is -0.495 e. The molecule has 0 spiro atoms. The number of benzene rings is 1. The Bertz CT molecular complexity index is 465. The van der Waals surface area contributed by atoms with Gasteiger partial charge in [0.1, 0.15) is 5.75 Å². The molecule has 0 bridgehead atoms. The fraction of sp³-hybridized carbons (Fsp3) is 0.562. The average molecular weight is 276 g/mol. The molecule has 2 rings (SSSR count). The van der Waals surface area contributed by atoms with Crippen molar-refractivity contribution in [1.82, 2.24) is 5.32 Å². The maximum absolute atomic E-state index is 12.6. The summed E-state index contributed by atoms with van der Waals surface area (Å²) in [6.07, 6.45) is 2.23. The predicted molar refractivity (Wildman–Crippen MR) is 81.0 cm³/mol. The highest BCUT2D eigenvalue weighted by atomic mass is 16.5. The average Bonchev–Trinajstić information content (AvgIpc) is 2.48. The molecule has 1 unspecified atom stereocenters. The molecule has 1 aliphatic rings. The number of piperidine rings is 1. The van der Waals surface area contributed by atoms with E-state index in [9.17, 15) is 4.79 Å². The van der Waals surface area contributed by atoms with Crippen molar-refractivity contribution in [3.63, 3.8) is 0 Å². The molecule has 0 aliphatic carbocycles. The van der Waals surface area contributed by atoms with Crippen molar-refractivity contribution < 1.29 is 9.53 Å². The molecule has 1 saturated heterocycles. The molecule has 4 nitrogen and oxygen atoms in total. The lowest BCUT2D eigenvalue weighted by molar-refractivity contribution is -0.127. The first-order valence-electron chi connectivity index (χ1n) is 7.21. The maximum atomic E-state index is 12.6. The van der Waals surface area contributed by atoms with Gasteiger partial charge in [0.15, 0.2) is 0 Å². The van der Waals surface area contributed by atoms with Gasteiger partial charge < -0.3 is 15.4 Å². The smallest absolute Gasteiger partial charge is 0.230 e. The van der Waals surface area contributed by atoms with Gasteiger partial charge in [-0.25, -0.2) is 0 Å². The second kappa shape index (κ2) is 6.27. The number of rotatable bonds is 4. The lowest BCUT2D eigenvalue weighted by atomic mass is 9.74. The van der Waals surface area contributed by atoms with E-state index in [4.69, 9.17) is 4.74 Å². The highest BCUT2D eigenvalue weighted by Gasteiger charge is 2.37. The largest absolute Gasteiger partial charge is 0.495 e. The van der Waals surface area contributed by atoms with E-state index in [0.717, 1.165) is 31.6 Å². The van der Waals surface area contributed by atoms with Crippen molar-refractivity contribution >= 4 is 11.6 Å². The standard InChI is InChI=1S/C16H24N2O2/c1-16(2,12-7-6-10-17-11-12)15(19)18-13-8-4-5-9-14(13)20-3/h4-5,8-9,12,17H,6-7,10-11H2,1-3H3,(H,18,19). The van der Waals surface area contributed by atoms with Crippen molar-refractivity contribution in [2.75, 3.05) is 25.5 Å². The first kappa shape index (κ1) is 14.9. The summed E-state index contributed by atoms with van der Waals surface area (Å²) in [5, 5.41) is 6.38. The van der Waals surface area contributed by atoms with Crippen molar-refractivity contribution in [2.24, 2.45) is 11.3 Å². The second-order valence-corrected chi connectivity index (χ2v) is 5.92. The Morgan fingerprint density at radius 2 is 2.15 bits per heavy atom. The third kappa shape index (κ3) is 3.12. The minimum absolute atomic E-state index is 0.0516. The van der Waals surface area contributed by atoms with Crippen molar-refractivity contribution in [3.05, 3.63) is 24.3 Å². The maximum Gasteiger partial charge on any atom is 0.230 e. The molecule has 0 aromatic heterocycles. The molecule has 1 atom stereocenters. The van der Waals surface area contributed by atoms with Crippen LogP contribution >= 0.6 is 0 Å². The van der Waals surface area contributed by atoms with Crippen molar-refractivity contribution in [3.8, 4) is 5.75 Å². The van der Waals surface area contributed by atoms with E-state index in [1.54, 1.807) is 7.11 Å². The Morgan fingerprint density at radius 3 is 2.80 bits per heavy atom. The molecule has 2 N–H and O–H groups in total. The van der Waals surface area contributed by atoms with Crippen LogP contribution in [0.4, 0.5) is 5.69 Å². The van der Waals surface area contributed by atoms with Gasteiger partial charge in [0.2, 0.25) is 5.91 Å². The van der Waals surface area contributed by atoms with Gasteiger partial charge in [-0.2, -0.15) is 0 Å². The lowest BCUT2D eigenvalue weighted by Crippen LogP contribution is -2.44. The van der Waals surface area contributed by atoms with E-state index in [0.29, 0.717) is 11.7 Å². The van der Waals surface area contributed by atoms with Gasteiger partial charge in [0.25, 0.3) is 0 Å². The molecule has 0 saturated carbocycles. The Kier molecular flexibility index (Phi) is 4.65. The van der Waals surface area contributed by atoms with Crippen LogP contribution in [0.5, 0.6) is 5.75 Å². The molecule has 1 fully saturated rings. The van der Waals surface area contributed by atoms with Gasteiger partial charge in [-0.3, -0.25) is 4.79 Å². The van der Waals surface area contributed by atoms with E-state index in [1.165, 1.54) is 0 Å². The fourth-order valence-corrected chi connectivity index (χ4v) is 2.68. The summed E-state index contributed by atoms with van der Waals surface area (Å²) in [5.41, 5.74) is 0.339. The first-order chi connectivity index (χ1) is 9.55. The molecule has 1 amide bonds. The number of carbonyl (C=O) groups excluding carboxylic acids is 1. The number of amides is 1. The van der Waals surface area contributed by atoms with Crippen LogP contribution in [0.1, 0.15) is 26.7 Å². The number of carbonyl (C=O) groups is 1. The number of nitrogens with one attached hydrogen (secondary N) is 2. The van der Waals surface area contributed by atoms with E-state index >= 15 is 0 Å². The molecule has 0 radical (unpaired) electrons. The van der Waals surface area contributed by atoms with Gasteiger partial charge >= 0.3 is 0 Å². The molecule has 110 valence electrons.